The number of amides is 1. The van der Waals surface area contributed by atoms with Crippen LogP contribution in [0.15, 0.2) is 60.8 Å². The molecular formula is C48H86NO8P. The Bertz CT molecular complexity index is 1130. The summed E-state index contributed by atoms with van der Waals surface area (Å²) in [6.45, 7) is 3.48. The minimum atomic E-state index is -4.43. The highest BCUT2D eigenvalue weighted by Gasteiger charge is 2.23. The summed E-state index contributed by atoms with van der Waals surface area (Å²) in [4.78, 5) is 34.0. The molecule has 336 valence electrons. The Kier molecular flexibility index (Phi) is 42.5. The molecular weight excluding hydrogens is 750 g/mol. The van der Waals surface area contributed by atoms with Crippen LogP contribution in [-0.2, 0) is 27.9 Å². The summed E-state index contributed by atoms with van der Waals surface area (Å²) >= 11 is 0. The van der Waals surface area contributed by atoms with E-state index in [1.165, 1.54) is 96.3 Å². The first-order chi connectivity index (χ1) is 28.3. The molecule has 9 nitrogen and oxygen atoms in total. The van der Waals surface area contributed by atoms with Crippen LogP contribution in [0, 0.1) is 0 Å². The minimum Gasteiger partial charge on any atom is -0.463 e. The molecule has 0 heterocycles. The highest BCUT2D eigenvalue weighted by Crippen LogP contribution is 2.42. The fourth-order valence-corrected chi connectivity index (χ4v) is 6.88. The first kappa shape index (κ1) is 55.7. The maximum absolute atomic E-state index is 12.1. The smallest absolute Gasteiger partial charge is 0.463 e. The molecule has 0 spiro atoms. The van der Waals surface area contributed by atoms with Crippen molar-refractivity contribution in [2.24, 2.45) is 0 Å². The van der Waals surface area contributed by atoms with E-state index in [4.69, 9.17) is 13.8 Å². The second-order valence-corrected chi connectivity index (χ2v) is 16.8. The number of carbonyl (C=O) groups excluding carboxylic acids is 2. The van der Waals surface area contributed by atoms with Crippen molar-refractivity contribution in [3.63, 3.8) is 0 Å². The summed E-state index contributed by atoms with van der Waals surface area (Å²) in [7, 11) is -4.43. The number of phosphoric ester groups is 1. The van der Waals surface area contributed by atoms with Crippen LogP contribution in [0.1, 0.15) is 200 Å². The van der Waals surface area contributed by atoms with E-state index in [0.29, 0.717) is 6.42 Å². The zero-order chi connectivity index (χ0) is 42.5. The number of hydrogen-bond donors (Lipinski definition) is 3. The van der Waals surface area contributed by atoms with Gasteiger partial charge < -0.3 is 20.1 Å². The Morgan fingerprint density at radius 1 is 0.534 bits per heavy atom. The number of ether oxygens (including phenoxy) is 1. The summed E-state index contributed by atoms with van der Waals surface area (Å²) in [5.41, 5.74) is 0. The van der Waals surface area contributed by atoms with Crippen LogP contribution in [-0.4, -0.2) is 54.3 Å². The predicted molar refractivity (Wildman–Crippen MR) is 243 cm³/mol. The Balaban J connectivity index is 3.65. The monoisotopic (exact) mass is 836 g/mol. The van der Waals surface area contributed by atoms with Crippen LogP contribution in [0.2, 0.25) is 0 Å². The SMILES string of the molecule is CCCCC/C=C\C/C=C\C/C=C\C/C=C\CCCCCC(=O)NCCOP(=O)(O)OCC(O)COC(=O)CCCCCCCCC/C=C\CCCCCCCCC. The Morgan fingerprint density at radius 2 is 0.931 bits per heavy atom. The molecule has 3 N–H and O–H groups in total. The second-order valence-electron chi connectivity index (χ2n) is 15.4. The van der Waals surface area contributed by atoms with Crippen molar-refractivity contribution < 1.29 is 37.9 Å². The molecule has 10 heteroatoms. The second kappa shape index (κ2) is 44.3. The third kappa shape index (κ3) is 44.8. The number of nitrogens with one attached hydrogen (secondary N) is 1. The summed E-state index contributed by atoms with van der Waals surface area (Å²) in [6, 6.07) is 0. The average molecular weight is 836 g/mol. The summed E-state index contributed by atoms with van der Waals surface area (Å²) in [5.74, 6) is -0.553. The first-order valence-corrected chi connectivity index (χ1v) is 24.8. The van der Waals surface area contributed by atoms with Gasteiger partial charge in [0, 0.05) is 19.4 Å². The Morgan fingerprint density at radius 3 is 1.47 bits per heavy atom. The zero-order valence-electron chi connectivity index (χ0n) is 37.0. The van der Waals surface area contributed by atoms with Gasteiger partial charge in [0.2, 0.25) is 5.91 Å². The van der Waals surface area contributed by atoms with E-state index in [1.807, 2.05) is 0 Å². The number of unbranched alkanes of at least 4 members (excludes halogenated alkanes) is 20. The third-order valence-electron chi connectivity index (χ3n) is 9.67. The number of hydrogen-bond acceptors (Lipinski definition) is 7. The lowest BCUT2D eigenvalue weighted by atomic mass is 10.1. The molecule has 58 heavy (non-hydrogen) atoms. The summed E-state index contributed by atoms with van der Waals surface area (Å²) in [5, 5.41) is 12.7. The standard InChI is InChI=1S/C48H86NO8P/c1-3-5-7-9-11-13-15-17-19-21-23-24-26-28-30-32-34-36-38-40-47(51)49-42-43-56-58(53,54)57-45-46(50)44-55-48(52)41-39-37-35-33-31-29-27-25-22-20-18-16-14-12-10-8-6-4-2/h11,13,17,19-20,22-24,28,30,46,50H,3-10,12,14-16,18,21,25-27,29,31-45H2,1-2H3,(H,49,51)(H,53,54)/b13-11-,19-17-,22-20-,24-23-,30-28-. The van der Waals surface area contributed by atoms with Gasteiger partial charge in [-0.2, -0.15) is 0 Å². The van der Waals surface area contributed by atoms with Crippen molar-refractivity contribution in [1.82, 2.24) is 5.32 Å². The van der Waals surface area contributed by atoms with E-state index >= 15 is 0 Å². The van der Waals surface area contributed by atoms with Crippen molar-refractivity contribution in [1.29, 1.82) is 0 Å². The van der Waals surface area contributed by atoms with Gasteiger partial charge in [-0.1, -0.05) is 164 Å². The summed E-state index contributed by atoms with van der Waals surface area (Å²) in [6.07, 6.45) is 52.9. The summed E-state index contributed by atoms with van der Waals surface area (Å²) < 4.78 is 26.9. The molecule has 0 rings (SSSR count). The molecule has 0 aliphatic rings. The lowest BCUT2D eigenvalue weighted by Gasteiger charge is -2.15. The molecule has 0 radical (unpaired) electrons. The number of allylic oxidation sites excluding steroid dienone is 10. The maximum atomic E-state index is 12.1. The van der Waals surface area contributed by atoms with Gasteiger partial charge in [0.05, 0.1) is 13.2 Å². The minimum absolute atomic E-state index is 0.0617. The van der Waals surface area contributed by atoms with E-state index in [2.05, 4.69) is 79.9 Å². The number of carbonyl (C=O) groups is 2. The molecule has 0 aromatic heterocycles. The van der Waals surface area contributed by atoms with E-state index in [-0.39, 0.29) is 32.1 Å². The highest BCUT2D eigenvalue weighted by molar-refractivity contribution is 7.47. The van der Waals surface area contributed by atoms with Crippen molar-refractivity contribution in [3.8, 4) is 0 Å². The highest BCUT2D eigenvalue weighted by atomic mass is 31.2. The Labute approximate surface area is 355 Å². The van der Waals surface area contributed by atoms with Gasteiger partial charge in [-0.05, 0) is 83.5 Å². The van der Waals surface area contributed by atoms with Crippen molar-refractivity contribution in [2.45, 2.75) is 206 Å². The van der Waals surface area contributed by atoms with E-state index in [1.54, 1.807) is 0 Å². The normalized spacial score (nSPS) is 13.8. The van der Waals surface area contributed by atoms with Crippen molar-refractivity contribution in [2.75, 3.05) is 26.4 Å². The van der Waals surface area contributed by atoms with Gasteiger partial charge in [-0.15, -0.1) is 0 Å². The molecule has 1 amide bonds. The van der Waals surface area contributed by atoms with Gasteiger partial charge in [-0.25, -0.2) is 4.57 Å². The van der Waals surface area contributed by atoms with Crippen molar-refractivity contribution in [3.05, 3.63) is 60.8 Å². The maximum Gasteiger partial charge on any atom is 0.472 e. The number of phosphoric acid groups is 1. The largest absolute Gasteiger partial charge is 0.472 e. The van der Waals surface area contributed by atoms with Crippen LogP contribution in [0.4, 0.5) is 0 Å². The molecule has 2 unspecified atom stereocenters. The van der Waals surface area contributed by atoms with Gasteiger partial charge in [0.1, 0.15) is 12.7 Å². The van der Waals surface area contributed by atoms with Crippen LogP contribution in [0.5, 0.6) is 0 Å². The topological polar surface area (TPSA) is 131 Å². The quantitative estimate of drug-likeness (QED) is 0.0239. The lowest BCUT2D eigenvalue weighted by Crippen LogP contribution is -2.27. The van der Waals surface area contributed by atoms with Gasteiger partial charge in [0.15, 0.2) is 0 Å². The number of rotatable bonds is 43. The zero-order valence-corrected chi connectivity index (χ0v) is 37.9. The molecule has 0 fully saturated rings. The molecule has 0 aliphatic carbocycles. The van der Waals surface area contributed by atoms with E-state index in [9.17, 15) is 24.2 Å². The lowest BCUT2D eigenvalue weighted by molar-refractivity contribution is -0.147. The molecule has 0 saturated heterocycles. The Hall–Kier alpha value is -2.29. The van der Waals surface area contributed by atoms with Crippen LogP contribution in [0.25, 0.3) is 0 Å². The van der Waals surface area contributed by atoms with Gasteiger partial charge in [0.25, 0.3) is 0 Å². The van der Waals surface area contributed by atoms with Gasteiger partial charge >= 0.3 is 13.8 Å². The number of esters is 1. The molecule has 0 aromatic carbocycles. The van der Waals surface area contributed by atoms with Crippen molar-refractivity contribution >= 4 is 19.7 Å². The average Bonchev–Trinajstić information content (AvgIpc) is 3.21. The fraction of sp³-hybridized carbons (Fsp3) is 0.750. The van der Waals surface area contributed by atoms with E-state index < -0.39 is 26.5 Å². The fourth-order valence-electron chi connectivity index (χ4n) is 6.12. The molecule has 0 aliphatic heterocycles. The molecule has 0 saturated carbocycles. The van der Waals surface area contributed by atoms with Crippen LogP contribution < -0.4 is 5.32 Å². The van der Waals surface area contributed by atoms with E-state index in [0.717, 1.165) is 77.0 Å². The predicted octanol–water partition coefficient (Wildman–Crippen LogP) is 13.3. The van der Waals surface area contributed by atoms with Gasteiger partial charge in [-0.3, -0.25) is 18.6 Å². The molecule has 2 atom stereocenters. The number of aliphatic hydroxyl groups excluding tert-OH is 1. The molecule has 0 bridgehead atoms. The molecule has 0 aromatic rings. The van der Waals surface area contributed by atoms with Crippen LogP contribution in [0.3, 0.4) is 0 Å². The van der Waals surface area contributed by atoms with Crippen LogP contribution >= 0.6 is 7.82 Å². The number of aliphatic hydroxyl groups is 1. The first-order valence-electron chi connectivity index (χ1n) is 23.3. The third-order valence-corrected chi connectivity index (χ3v) is 10.7.